The lowest BCUT2D eigenvalue weighted by Gasteiger charge is -2.11. The predicted molar refractivity (Wildman–Crippen MR) is 59.6 cm³/mol. The number of halogens is 2. The lowest BCUT2D eigenvalue weighted by Crippen LogP contribution is -2.14. The SMILES string of the molecule is C=N/C(=C\C=C(/C)C(=O)O)OCC(F)(F)P. The molecule has 16 heavy (non-hydrogen) atoms. The van der Waals surface area contributed by atoms with Crippen molar-refractivity contribution in [1.29, 1.82) is 0 Å². The van der Waals surface area contributed by atoms with Gasteiger partial charge in [0.15, 0.2) is 6.61 Å². The van der Waals surface area contributed by atoms with Crippen LogP contribution >= 0.6 is 9.24 Å². The normalized spacial score (nSPS) is 13.5. The van der Waals surface area contributed by atoms with Gasteiger partial charge in [0.1, 0.15) is 0 Å². The molecule has 1 unspecified atom stereocenters. The second-order valence-corrected chi connectivity index (χ2v) is 3.71. The molecule has 0 bridgehead atoms. The van der Waals surface area contributed by atoms with E-state index < -0.39 is 18.2 Å². The number of hydrogen-bond acceptors (Lipinski definition) is 3. The van der Waals surface area contributed by atoms with Crippen molar-refractivity contribution >= 4 is 21.9 Å². The molecule has 0 heterocycles. The summed E-state index contributed by atoms with van der Waals surface area (Å²) in [4.78, 5) is 13.7. The number of hydrogen-bond donors (Lipinski definition) is 1. The molecule has 0 rings (SSSR count). The van der Waals surface area contributed by atoms with Crippen LogP contribution < -0.4 is 0 Å². The number of aliphatic imine (C=N–C) groups is 1. The van der Waals surface area contributed by atoms with Crippen molar-refractivity contribution in [2.24, 2.45) is 4.99 Å². The van der Waals surface area contributed by atoms with Crippen molar-refractivity contribution in [2.75, 3.05) is 6.61 Å². The summed E-state index contributed by atoms with van der Waals surface area (Å²) >= 11 is 0. The summed E-state index contributed by atoms with van der Waals surface area (Å²) < 4.78 is 29.4. The maximum Gasteiger partial charge on any atom is 0.331 e. The molecule has 7 heteroatoms. The molecule has 0 aliphatic rings. The van der Waals surface area contributed by atoms with E-state index in [1.165, 1.54) is 22.2 Å². The first-order chi connectivity index (χ1) is 7.26. The van der Waals surface area contributed by atoms with Gasteiger partial charge in [-0.2, -0.15) is 8.78 Å². The molecule has 0 fully saturated rings. The topological polar surface area (TPSA) is 58.9 Å². The lowest BCUT2D eigenvalue weighted by molar-refractivity contribution is -0.132. The van der Waals surface area contributed by atoms with Gasteiger partial charge < -0.3 is 9.84 Å². The summed E-state index contributed by atoms with van der Waals surface area (Å²) in [6.07, 6.45) is 2.35. The maximum atomic E-state index is 12.4. The molecule has 4 nitrogen and oxygen atoms in total. The van der Waals surface area contributed by atoms with Gasteiger partial charge in [0, 0.05) is 11.6 Å². The Hall–Kier alpha value is -1.29. The Labute approximate surface area is 93.9 Å². The fraction of sp³-hybridized carbons (Fsp3) is 0.333. The third-order valence-corrected chi connectivity index (χ3v) is 1.55. The molecule has 1 atom stereocenters. The second-order valence-electron chi connectivity index (χ2n) is 2.87. The molecule has 0 aliphatic heterocycles. The van der Waals surface area contributed by atoms with Gasteiger partial charge >= 0.3 is 5.97 Å². The Morgan fingerprint density at radius 1 is 1.62 bits per heavy atom. The Morgan fingerprint density at radius 2 is 2.19 bits per heavy atom. The number of alkyl halides is 2. The number of allylic oxidation sites excluding steroid dienone is 2. The van der Waals surface area contributed by atoms with Gasteiger partial charge in [0.25, 0.3) is 5.66 Å². The third kappa shape index (κ3) is 7.06. The largest absolute Gasteiger partial charge is 0.478 e. The van der Waals surface area contributed by atoms with Crippen LogP contribution in [-0.4, -0.2) is 30.1 Å². The number of carboxylic acid groups (broad SMARTS) is 1. The quantitative estimate of drug-likeness (QED) is 0.258. The van der Waals surface area contributed by atoms with Crippen molar-refractivity contribution in [1.82, 2.24) is 0 Å². The van der Waals surface area contributed by atoms with Gasteiger partial charge in [0.05, 0.1) is 0 Å². The molecule has 0 saturated carbocycles. The first-order valence-electron chi connectivity index (χ1n) is 4.14. The van der Waals surface area contributed by atoms with Gasteiger partial charge in [-0.25, -0.2) is 9.79 Å². The Kier molecular flexibility index (Phi) is 5.82. The summed E-state index contributed by atoms with van der Waals surface area (Å²) in [6.45, 7) is 3.59. The van der Waals surface area contributed by atoms with Crippen molar-refractivity contribution in [3.05, 3.63) is 23.6 Å². The monoisotopic (exact) mass is 251 g/mol. The van der Waals surface area contributed by atoms with E-state index in [4.69, 9.17) is 5.11 Å². The van der Waals surface area contributed by atoms with Crippen LogP contribution in [0.2, 0.25) is 0 Å². The first-order valence-corrected chi connectivity index (χ1v) is 4.72. The smallest absolute Gasteiger partial charge is 0.331 e. The van der Waals surface area contributed by atoms with Gasteiger partial charge in [0.2, 0.25) is 5.88 Å². The molecule has 0 saturated heterocycles. The highest BCUT2D eigenvalue weighted by atomic mass is 31.0. The van der Waals surface area contributed by atoms with Crippen molar-refractivity contribution < 1.29 is 23.4 Å². The molecule has 0 radical (unpaired) electrons. The van der Waals surface area contributed by atoms with Crippen molar-refractivity contribution in [3.8, 4) is 0 Å². The molecule has 1 N–H and O–H groups in total. The van der Waals surface area contributed by atoms with E-state index in [1.54, 1.807) is 0 Å². The van der Waals surface area contributed by atoms with Crippen molar-refractivity contribution in [3.63, 3.8) is 0 Å². The zero-order valence-corrected chi connectivity index (χ0v) is 9.77. The summed E-state index contributed by atoms with van der Waals surface area (Å²) in [5.74, 6) is -1.28. The van der Waals surface area contributed by atoms with E-state index in [0.29, 0.717) is 0 Å². The molecule has 0 aromatic carbocycles. The summed E-state index contributed by atoms with van der Waals surface area (Å²) in [7, 11) is 1.31. The van der Waals surface area contributed by atoms with Gasteiger partial charge in [-0.1, -0.05) is 9.24 Å². The lowest BCUT2D eigenvalue weighted by atomic mass is 10.3. The number of carboxylic acids is 1. The highest BCUT2D eigenvalue weighted by Gasteiger charge is 2.22. The summed E-state index contributed by atoms with van der Waals surface area (Å²) in [5.41, 5.74) is -3.03. The zero-order chi connectivity index (χ0) is 12.8. The van der Waals surface area contributed by atoms with Crippen LogP contribution in [0.5, 0.6) is 0 Å². The molecular weight excluding hydrogens is 239 g/mol. The average Bonchev–Trinajstić information content (AvgIpc) is 2.15. The number of nitrogens with zero attached hydrogens (tertiary/aromatic N) is 1. The summed E-state index contributed by atoms with van der Waals surface area (Å²) in [6, 6.07) is 0. The van der Waals surface area contributed by atoms with Crippen molar-refractivity contribution in [2.45, 2.75) is 12.6 Å². The maximum absolute atomic E-state index is 12.4. The second kappa shape index (κ2) is 6.33. The fourth-order valence-corrected chi connectivity index (χ4v) is 0.668. The minimum absolute atomic E-state index is 0.0300. The highest BCUT2D eigenvalue weighted by Crippen LogP contribution is 2.23. The fourth-order valence-electron chi connectivity index (χ4n) is 0.584. The van der Waals surface area contributed by atoms with Crippen LogP contribution in [0.25, 0.3) is 0 Å². The first kappa shape index (κ1) is 14.7. The van der Waals surface area contributed by atoms with Gasteiger partial charge in [-0.15, -0.1) is 0 Å². The number of carbonyl (C=O) groups is 1. The Balaban J connectivity index is 4.51. The molecular formula is C9H12F2NO3P. The van der Waals surface area contributed by atoms with E-state index in [1.807, 2.05) is 0 Å². The molecule has 0 amide bonds. The van der Waals surface area contributed by atoms with Crippen LogP contribution in [0.3, 0.4) is 0 Å². The minimum atomic E-state index is -3.06. The van der Waals surface area contributed by atoms with Crippen LogP contribution in [-0.2, 0) is 9.53 Å². The molecule has 0 spiro atoms. The summed E-state index contributed by atoms with van der Waals surface area (Å²) in [5, 5.41) is 8.52. The van der Waals surface area contributed by atoms with Gasteiger partial charge in [-0.05, 0) is 19.7 Å². The zero-order valence-electron chi connectivity index (χ0n) is 8.61. The number of aliphatic carboxylic acids is 1. The Bertz CT molecular complexity index is 334. The number of ether oxygens (including phenoxy) is 1. The third-order valence-electron chi connectivity index (χ3n) is 1.38. The molecule has 0 aromatic rings. The van der Waals surface area contributed by atoms with Crippen LogP contribution in [0.15, 0.2) is 28.6 Å². The van der Waals surface area contributed by atoms with E-state index >= 15 is 0 Å². The average molecular weight is 251 g/mol. The van der Waals surface area contributed by atoms with E-state index in [2.05, 4.69) is 16.4 Å². The molecule has 90 valence electrons. The predicted octanol–water partition coefficient (Wildman–Crippen LogP) is 2.04. The molecule has 0 aromatic heterocycles. The van der Waals surface area contributed by atoms with E-state index in [0.717, 1.165) is 6.08 Å². The number of rotatable bonds is 6. The minimum Gasteiger partial charge on any atom is -0.478 e. The standard InChI is InChI=1S/C9H12F2NO3P/c1-6(8(13)14)3-4-7(12-2)15-5-9(10,11)16/h3-4H,2,5,16H2,1H3,(H,13,14)/b6-3+,7-4+. The van der Waals surface area contributed by atoms with E-state index in [9.17, 15) is 13.6 Å². The van der Waals surface area contributed by atoms with Crippen LogP contribution in [0.1, 0.15) is 6.92 Å². The highest BCUT2D eigenvalue weighted by molar-refractivity contribution is 7.18. The molecule has 0 aliphatic carbocycles. The van der Waals surface area contributed by atoms with Gasteiger partial charge in [-0.3, -0.25) is 0 Å². The Morgan fingerprint density at radius 3 is 2.56 bits per heavy atom. The van der Waals surface area contributed by atoms with E-state index in [-0.39, 0.29) is 11.5 Å². The van der Waals surface area contributed by atoms with Crippen LogP contribution in [0, 0.1) is 0 Å². The van der Waals surface area contributed by atoms with Crippen LogP contribution in [0.4, 0.5) is 8.78 Å².